The van der Waals surface area contributed by atoms with Gasteiger partial charge in [-0.1, -0.05) is 49.8 Å². The van der Waals surface area contributed by atoms with Crippen molar-refractivity contribution in [2.75, 3.05) is 11.5 Å². The van der Waals surface area contributed by atoms with Gasteiger partial charge in [-0.15, -0.1) is 0 Å². The average Bonchev–Trinajstić information content (AvgIpc) is 3.41. The minimum atomic E-state index is -1.06. The molecular formula is C29H25ClFN3O4S. The lowest BCUT2D eigenvalue weighted by Crippen LogP contribution is -2.29. The van der Waals surface area contributed by atoms with Gasteiger partial charge in [0.1, 0.15) is 23.4 Å². The van der Waals surface area contributed by atoms with Crippen molar-refractivity contribution in [3.8, 4) is 5.75 Å². The SMILES string of the molecule is CCOc1ccc(/C(O)=C2\C(=O)C(=O)N(c3nc4cc(Cl)c(F)cc4s3)C2c2ccccn2)cc1C(C)(C)C. The van der Waals surface area contributed by atoms with E-state index in [9.17, 15) is 19.1 Å². The lowest BCUT2D eigenvalue weighted by molar-refractivity contribution is -0.132. The molecular weight excluding hydrogens is 541 g/mol. The first kappa shape index (κ1) is 26.8. The molecule has 3 heterocycles. The number of aliphatic hydroxyl groups is 1. The number of pyridine rings is 1. The summed E-state index contributed by atoms with van der Waals surface area (Å²) in [7, 11) is 0. The second-order valence-electron chi connectivity index (χ2n) is 10.0. The number of halogens is 2. The van der Waals surface area contributed by atoms with Crippen LogP contribution in [0.2, 0.25) is 5.02 Å². The Morgan fingerprint density at radius 2 is 1.95 bits per heavy atom. The summed E-state index contributed by atoms with van der Waals surface area (Å²) >= 11 is 6.98. The molecule has 39 heavy (non-hydrogen) atoms. The Balaban J connectivity index is 1.71. The second kappa shape index (κ2) is 10.1. The maximum Gasteiger partial charge on any atom is 0.301 e. The predicted molar refractivity (Wildman–Crippen MR) is 150 cm³/mol. The first-order chi connectivity index (χ1) is 18.5. The van der Waals surface area contributed by atoms with Gasteiger partial charge in [0, 0.05) is 17.3 Å². The van der Waals surface area contributed by atoms with E-state index >= 15 is 0 Å². The molecule has 1 unspecified atom stereocenters. The van der Waals surface area contributed by atoms with Crippen molar-refractivity contribution in [3.63, 3.8) is 0 Å². The summed E-state index contributed by atoms with van der Waals surface area (Å²) in [5, 5.41) is 11.6. The molecule has 2 aromatic carbocycles. The molecule has 0 spiro atoms. The van der Waals surface area contributed by atoms with Gasteiger partial charge in [-0.2, -0.15) is 0 Å². The fourth-order valence-electron chi connectivity index (χ4n) is 4.56. The standard InChI is InChI=1S/C29H25ClFN3O4S/c1-5-38-21-10-9-15(12-16(21)29(2,3)4)25(35)23-24(19-8-6-7-11-32-19)34(27(37)26(23)36)28-33-20-13-17(30)18(31)14-22(20)39-28/h6-14,24,35H,5H2,1-4H3/b25-23+. The van der Waals surface area contributed by atoms with E-state index in [4.69, 9.17) is 16.3 Å². The van der Waals surface area contributed by atoms with Gasteiger partial charge in [-0.25, -0.2) is 9.37 Å². The van der Waals surface area contributed by atoms with Crippen molar-refractivity contribution < 1.29 is 23.8 Å². The summed E-state index contributed by atoms with van der Waals surface area (Å²) in [4.78, 5) is 37.0. The zero-order valence-corrected chi connectivity index (χ0v) is 23.2. The molecule has 1 fully saturated rings. The lowest BCUT2D eigenvalue weighted by atomic mass is 9.84. The van der Waals surface area contributed by atoms with Crippen molar-refractivity contribution in [2.45, 2.75) is 39.2 Å². The minimum Gasteiger partial charge on any atom is -0.507 e. The van der Waals surface area contributed by atoms with E-state index in [2.05, 4.69) is 9.97 Å². The number of aromatic nitrogens is 2. The van der Waals surface area contributed by atoms with Crippen molar-refractivity contribution in [1.29, 1.82) is 0 Å². The molecule has 200 valence electrons. The largest absolute Gasteiger partial charge is 0.507 e. The summed E-state index contributed by atoms with van der Waals surface area (Å²) in [6, 6.07) is 11.8. The molecule has 7 nitrogen and oxygen atoms in total. The van der Waals surface area contributed by atoms with Gasteiger partial charge in [0.15, 0.2) is 5.13 Å². The van der Waals surface area contributed by atoms with E-state index in [-0.39, 0.29) is 26.9 Å². The van der Waals surface area contributed by atoms with Crippen LogP contribution in [-0.4, -0.2) is 33.4 Å². The number of carbonyl (C=O) groups excluding carboxylic acids is 2. The monoisotopic (exact) mass is 565 g/mol. The molecule has 1 saturated heterocycles. The molecule has 4 aromatic rings. The van der Waals surface area contributed by atoms with Crippen molar-refractivity contribution in [2.24, 2.45) is 0 Å². The molecule has 1 N–H and O–H groups in total. The van der Waals surface area contributed by atoms with Gasteiger partial charge >= 0.3 is 5.91 Å². The number of carbonyl (C=O) groups is 2. The number of Topliss-reactive ketones (excluding diaryl/α,β-unsaturated/α-hetero) is 1. The second-order valence-corrected chi connectivity index (χ2v) is 11.5. The molecule has 0 saturated carbocycles. The highest BCUT2D eigenvalue weighted by atomic mass is 35.5. The van der Waals surface area contributed by atoms with Gasteiger partial charge < -0.3 is 9.84 Å². The molecule has 10 heteroatoms. The Kier molecular flexibility index (Phi) is 6.90. The highest BCUT2D eigenvalue weighted by Crippen LogP contribution is 2.45. The highest BCUT2D eigenvalue weighted by Gasteiger charge is 2.49. The van der Waals surface area contributed by atoms with Crippen LogP contribution < -0.4 is 9.64 Å². The predicted octanol–water partition coefficient (Wildman–Crippen LogP) is 6.81. The van der Waals surface area contributed by atoms with Crippen LogP contribution in [0, 0.1) is 5.82 Å². The third kappa shape index (κ3) is 4.77. The van der Waals surface area contributed by atoms with Crippen LogP contribution in [0.5, 0.6) is 5.75 Å². The summed E-state index contributed by atoms with van der Waals surface area (Å²) in [5.41, 5.74) is 1.49. The molecule has 0 aliphatic carbocycles. The Labute approximate surface area is 233 Å². The van der Waals surface area contributed by atoms with Crippen molar-refractivity contribution in [1.82, 2.24) is 9.97 Å². The number of thiazole rings is 1. The number of benzene rings is 2. The van der Waals surface area contributed by atoms with Gasteiger partial charge in [0.25, 0.3) is 5.78 Å². The number of hydrogen-bond acceptors (Lipinski definition) is 7. The summed E-state index contributed by atoms with van der Waals surface area (Å²) in [5.74, 6) is -2.04. The summed E-state index contributed by atoms with van der Waals surface area (Å²) < 4.78 is 20.4. The molecule has 1 atom stereocenters. The fourth-order valence-corrected chi connectivity index (χ4v) is 5.72. The fraction of sp³-hybridized carbons (Fsp3) is 0.241. The number of anilines is 1. The maximum absolute atomic E-state index is 14.1. The van der Waals surface area contributed by atoms with Gasteiger partial charge in [-0.3, -0.25) is 19.5 Å². The van der Waals surface area contributed by atoms with E-state index in [1.807, 2.05) is 27.7 Å². The van der Waals surface area contributed by atoms with E-state index in [1.165, 1.54) is 23.2 Å². The van der Waals surface area contributed by atoms with Crippen LogP contribution >= 0.6 is 22.9 Å². The number of ketones is 1. The van der Waals surface area contributed by atoms with Crippen molar-refractivity contribution >= 4 is 55.7 Å². The van der Waals surface area contributed by atoms with E-state index in [0.717, 1.165) is 16.9 Å². The molecule has 2 aromatic heterocycles. The quantitative estimate of drug-likeness (QED) is 0.162. The van der Waals surface area contributed by atoms with E-state index in [0.29, 0.717) is 33.8 Å². The van der Waals surface area contributed by atoms with E-state index in [1.54, 1.807) is 36.4 Å². The normalized spacial score (nSPS) is 17.3. The number of rotatable bonds is 5. The average molecular weight is 566 g/mol. The van der Waals surface area contributed by atoms with Crippen LogP contribution in [0.25, 0.3) is 16.0 Å². The van der Waals surface area contributed by atoms with Crippen LogP contribution in [0.15, 0.2) is 60.3 Å². The zero-order valence-electron chi connectivity index (χ0n) is 21.7. The first-order valence-electron chi connectivity index (χ1n) is 12.3. The molecule has 0 radical (unpaired) electrons. The van der Waals surface area contributed by atoms with Crippen LogP contribution in [0.3, 0.4) is 0 Å². The van der Waals surface area contributed by atoms with Crippen LogP contribution in [0.4, 0.5) is 9.52 Å². The van der Waals surface area contributed by atoms with Gasteiger partial charge in [0.05, 0.1) is 33.1 Å². The maximum atomic E-state index is 14.1. The lowest BCUT2D eigenvalue weighted by Gasteiger charge is -2.24. The summed E-state index contributed by atoms with van der Waals surface area (Å²) in [6.45, 7) is 8.41. The number of nitrogens with zero attached hydrogens (tertiary/aromatic N) is 3. The third-order valence-corrected chi connectivity index (χ3v) is 7.71. The number of ether oxygens (including phenoxy) is 1. The zero-order chi connectivity index (χ0) is 28.1. The molecule has 1 amide bonds. The minimum absolute atomic E-state index is 0.104. The Morgan fingerprint density at radius 3 is 2.62 bits per heavy atom. The van der Waals surface area contributed by atoms with Crippen molar-refractivity contribution in [3.05, 3.63) is 88.0 Å². The van der Waals surface area contributed by atoms with Crippen LogP contribution in [-0.2, 0) is 15.0 Å². The number of hydrogen-bond donors (Lipinski definition) is 1. The first-order valence-corrected chi connectivity index (χ1v) is 13.5. The molecule has 1 aliphatic heterocycles. The van der Waals surface area contributed by atoms with E-state index < -0.39 is 23.5 Å². The Bertz CT molecular complexity index is 1610. The Morgan fingerprint density at radius 1 is 1.18 bits per heavy atom. The number of fused-ring (bicyclic) bond motifs is 1. The molecule has 1 aliphatic rings. The third-order valence-electron chi connectivity index (χ3n) is 6.40. The van der Waals surface area contributed by atoms with Crippen LogP contribution in [0.1, 0.15) is 50.6 Å². The van der Waals surface area contributed by atoms with Gasteiger partial charge in [0.2, 0.25) is 0 Å². The topological polar surface area (TPSA) is 92.6 Å². The molecule has 5 rings (SSSR count). The Hall–Kier alpha value is -3.82. The number of aliphatic hydroxyl groups excluding tert-OH is 1. The number of amides is 1. The van der Waals surface area contributed by atoms with Gasteiger partial charge in [-0.05, 0) is 54.8 Å². The smallest absolute Gasteiger partial charge is 0.301 e. The highest BCUT2D eigenvalue weighted by molar-refractivity contribution is 7.22. The molecule has 0 bridgehead atoms. The summed E-state index contributed by atoms with van der Waals surface area (Å²) in [6.07, 6.45) is 1.54.